The molecule has 0 saturated carbocycles. The van der Waals surface area contributed by atoms with Gasteiger partial charge >= 0.3 is 0 Å². The Morgan fingerprint density at radius 1 is 1.41 bits per heavy atom. The van der Waals surface area contributed by atoms with Crippen LogP contribution in [0.15, 0.2) is 24.3 Å². The summed E-state index contributed by atoms with van der Waals surface area (Å²) in [6, 6.07) is 6.40. The summed E-state index contributed by atoms with van der Waals surface area (Å²) in [5, 5.41) is 4.08. The minimum absolute atomic E-state index is 0.274. The van der Waals surface area contributed by atoms with Crippen molar-refractivity contribution in [2.45, 2.75) is 13.0 Å². The molecule has 1 aromatic carbocycles. The number of benzene rings is 1. The molecule has 3 rings (SSSR count). The van der Waals surface area contributed by atoms with Gasteiger partial charge in [0.15, 0.2) is 11.6 Å². The maximum Gasteiger partial charge on any atom is 0.165 e. The number of hydrogen-bond acceptors (Lipinski definition) is 4. The summed E-state index contributed by atoms with van der Waals surface area (Å²) in [4.78, 5) is 5.66. The highest BCUT2D eigenvalue weighted by Gasteiger charge is 2.16. The van der Waals surface area contributed by atoms with Gasteiger partial charge in [0, 0.05) is 13.0 Å². The van der Waals surface area contributed by atoms with E-state index < -0.39 is 0 Å². The molecule has 0 saturated heterocycles. The van der Waals surface area contributed by atoms with Gasteiger partial charge in [-0.3, -0.25) is 0 Å². The van der Waals surface area contributed by atoms with Crippen LogP contribution in [0.2, 0.25) is 0 Å². The van der Waals surface area contributed by atoms with Crippen LogP contribution in [-0.2, 0) is 13.0 Å². The van der Waals surface area contributed by atoms with Crippen molar-refractivity contribution < 1.29 is 9.13 Å². The number of thiazole rings is 1. The number of hydrogen-bond donors (Lipinski definition) is 1. The lowest BCUT2D eigenvalue weighted by Gasteiger charge is -2.04. The van der Waals surface area contributed by atoms with Gasteiger partial charge in [-0.25, -0.2) is 9.37 Å². The third-order valence-corrected chi connectivity index (χ3v) is 3.66. The number of anilines is 1. The Morgan fingerprint density at radius 2 is 2.29 bits per heavy atom. The molecule has 0 unspecified atom stereocenters. The van der Waals surface area contributed by atoms with Gasteiger partial charge in [0.1, 0.15) is 17.4 Å². The first-order valence-electron chi connectivity index (χ1n) is 5.43. The summed E-state index contributed by atoms with van der Waals surface area (Å²) < 4.78 is 18.7. The molecule has 88 valence electrons. The number of nitrogens with one attached hydrogen (secondary N) is 1. The van der Waals surface area contributed by atoms with Gasteiger partial charge in [0.2, 0.25) is 0 Å². The summed E-state index contributed by atoms with van der Waals surface area (Å²) in [5.41, 5.74) is 0. The summed E-state index contributed by atoms with van der Waals surface area (Å²) in [5.74, 6) is 0.896. The van der Waals surface area contributed by atoms with E-state index in [9.17, 15) is 4.39 Å². The van der Waals surface area contributed by atoms with Crippen LogP contribution >= 0.6 is 11.3 Å². The predicted octanol–water partition coefficient (Wildman–Crippen LogP) is 2.83. The van der Waals surface area contributed by atoms with E-state index in [1.807, 2.05) is 0 Å². The first-order valence-corrected chi connectivity index (χ1v) is 6.24. The lowest BCUT2D eigenvalue weighted by atomic mass is 10.3. The van der Waals surface area contributed by atoms with Gasteiger partial charge in [-0.15, -0.1) is 11.3 Å². The lowest BCUT2D eigenvalue weighted by molar-refractivity contribution is 0.290. The highest BCUT2D eigenvalue weighted by molar-refractivity contribution is 7.12. The first kappa shape index (κ1) is 10.5. The van der Waals surface area contributed by atoms with Crippen LogP contribution in [0.1, 0.15) is 9.88 Å². The first-order chi connectivity index (χ1) is 8.33. The number of halogens is 1. The Balaban J connectivity index is 1.70. The Morgan fingerprint density at radius 3 is 3.12 bits per heavy atom. The molecular formula is C12H11FN2OS. The van der Waals surface area contributed by atoms with Crippen LogP contribution in [0.3, 0.4) is 0 Å². The van der Waals surface area contributed by atoms with E-state index in [0.717, 1.165) is 23.8 Å². The average Bonchev–Trinajstić information content (AvgIpc) is 2.88. The molecule has 0 aliphatic carbocycles. The van der Waals surface area contributed by atoms with E-state index in [1.165, 1.54) is 10.9 Å². The molecular weight excluding hydrogens is 239 g/mol. The molecule has 17 heavy (non-hydrogen) atoms. The fourth-order valence-corrected chi connectivity index (χ4v) is 2.72. The number of para-hydroxylation sites is 1. The number of fused-ring (bicyclic) bond motifs is 1. The van der Waals surface area contributed by atoms with E-state index in [-0.39, 0.29) is 11.6 Å². The zero-order valence-electron chi connectivity index (χ0n) is 9.07. The molecule has 0 spiro atoms. The summed E-state index contributed by atoms with van der Waals surface area (Å²) in [6.07, 6.45) is 1.02. The largest absolute Gasteiger partial charge is 0.483 e. The second-order valence-corrected chi connectivity index (χ2v) is 4.94. The Labute approximate surface area is 102 Å². The fourth-order valence-electron chi connectivity index (χ4n) is 1.77. The van der Waals surface area contributed by atoms with Crippen molar-refractivity contribution in [3.8, 4) is 5.75 Å². The van der Waals surface area contributed by atoms with Gasteiger partial charge < -0.3 is 10.1 Å². The molecule has 0 fully saturated rings. The van der Waals surface area contributed by atoms with E-state index in [0.29, 0.717) is 6.61 Å². The summed E-state index contributed by atoms with van der Waals surface area (Å²) in [6.45, 7) is 1.28. The van der Waals surface area contributed by atoms with Crippen molar-refractivity contribution in [2.75, 3.05) is 11.9 Å². The van der Waals surface area contributed by atoms with Crippen LogP contribution in [0, 0.1) is 5.82 Å². The van der Waals surface area contributed by atoms with Crippen molar-refractivity contribution in [3.63, 3.8) is 0 Å². The lowest BCUT2D eigenvalue weighted by Crippen LogP contribution is -1.99. The molecule has 0 atom stereocenters. The van der Waals surface area contributed by atoms with E-state index in [2.05, 4.69) is 10.3 Å². The summed E-state index contributed by atoms with van der Waals surface area (Å²) >= 11 is 1.63. The van der Waals surface area contributed by atoms with Gasteiger partial charge in [-0.1, -0.05) is 12.1 Å². The number of ether oxygens (including phenoxy) is 1. The Hall–Kier alpha value is -1.62. The number of rotatable bonds is 3. The molecule has 2 heterocycles. The van der Waals surface area contributed by atoms with Gasteiger partial charge in [-0.05, 0) is 12.1 Å². The second kappa shape index (κ2) is 4.33. The zero-order valence-corrected chi connectivity index (χ0v) is 9.89. The second-order valence-electron chi connectivity index (χ2n) is 3.78. The quantitative estimate of drug-likeness (QED) is 0.909. The topological polar surface area (TPSA) is 34.1 Å². The van der Waals surface area contributed by atoms with Crippen molar-refractivity contribution in [2.24, 2.45) is 0 Å². The molecule has 2 aromatic rings. The van der Waals surface area contributed by atoms with E-state index in [4.69, 9.17) is 4.74 Å². The van der Waals surface area contributed by atoms with Crippen LogP contribution in [-0.4, -0.2) is 11.5 Å². The average molecular weight is 250 g/mol. The SMILES string of the molecule is Fc1ccccc1OCc1nc2c(s1)CCN2. The highest BCUT2D eigenvalue weighted by atomic mass is 32.1. The van der Waals surface area contributed by atoms with Crippen molar-refractivity contribution in [1.29, 1.82) is 0 Å². The molecule has 0 bridgehead atoms. The van der Waals surface area contributed by atoms with Crippen molar-refractivity contribution >= 4 is 17.2 Å². The monoisotopic (exact) mass is 250 g/mol. The summed E-state index contributed by atoms with van der Waals surface area (Å²) in [7, 11) is 0. The van der Waals surface area contributed by atoms with Gasteiger partial charge in [-0.2, -0.15) is 0 Å². The van der Waals surface area contributed by atoms with Crippen LogP contribution < -0.4 is 10.1 Å². The third kappa shape index (κ3) is 2.10. The van der Waals surface area contributed by atoms with Crippen LogP contribution in [0.5, 0.6) is 5.75 Å². The maximum atomic E-state index is 13.3. The molecule has 5 heteroatoms. The molecule has 1 aliphatic rings. The molecule has 1 aliphatic heterocycles. The van der Waals surface area contributed by atoms with Crippen LogP contribution in [0.4, 0.5) is 10.2 Å². The van der Waals surface area contributed by atoms with E-state index in [1.54, 1.807) is 29.5 Å². The molecule has 3 nitrogen and oxygen atoms in total. The molecule has 0 amide bonds. The van der Waals surface area contributed by atoms with Crippen molar-refractivity contribution in [1.82, 2.24) is 4.98 Å². The van der Waals surface area contributed by atoms with Crippen LogP contribution in [0.25, 0.3) is 0 Å². The van der Waals surface area contributed by atoms with Gasteiger partial charge in [0.25, 0.3) is 0 Å². The Kier molecular flexibility index (Phi) is 2.68. The minimum Gasteiger partial charge on any atom is -0.483 e. The smallest absolute Gasteiger partial charge is 0.165 e. The van der Waals surface area contributed by atoms with Crippen molar-refractivity contribution in [3.05, 3.63) is 40.0 Å². The molecule has 1 aromatic heterocycles. The zero-order chi connectivity index (χ0) is 11.7. The number of nitrogens with zero attached hydrogens (tertiary/aromatic N) is 1. The fraction of sp³-hybridized carbons (Fsp3) is 0.250. The Bertz CT molecular complexity index is 520. The highest BCUT2D eigenvalue weighted by Crippen LogP contribution is 2.28. The molecule has 1 N–H and O–H groups in total. The van der Waals surface area contributed by atoms with E-state index >= 15 is 0 Å². The normalized spacial score (nSPS) is 13.2. The standard InChI is InChI=1S/C12H11FN2OS/c13-8-3-1-2-4-9(8)16-7-11-15-12-10(17-11)5-6-14-12/h1-4,14H,5-7H2. The molecule has 0 radical (unpaired) electrons. The number of aromatic nitrogens is 1. The maximum absolute atomic E-state index is 13.3. The third-order valence-electron chi connectivity index (χ3n) is 2.57. The minimum atomic E-state index is -0.338. The van der Waals surface area contributed by atoms with Gasteiger partial charge in [0.05, 0.1) is 4.88 Å². The predicted molar refractivity (Wildman–Crippen MR) is 65.0 cm³/mol.